The van der Waals surface area contributed by atoms with E-state index in [1.165, 1.54) is 0 Å². The molecule has 44 valence electrons. The third-order valence-corrected chi connectivity index (χ3v) is 1.05. The van der Waals surface area contributed by atoms with Gasteiger partial charge in [0, 0.05) is 22.0 Å². The zero-order valence-corrected chi connectivity index (χ0v) is 6.19. The Balaban J connectivity index is 0.000000490. The predicted molar refractivity (Wildman–Crippen MR) is 33.7 cm³/mol. The van der Waals surface area contributed by atoms with Crippen LogP contribution in [0.3, 0.4) is 0 Å². The summed E-state index contributed by atoms with van der Waals surface area (Å²) in [6.45, 7) is 0. The van der Waals surface area contributed by atoms with Crippen molar-refractivity contribution >= 4 is 12.6 Å². The van der Waals surface area contributed by atoms with Crippen molar-refractivity contribution < 1.29 is 17.1 Å². The summed E-state index contributed by atoms with van der Waals surface area (Å²) in [5, 5.41) is 0. The summed E-state index contributed by atoms with van der Waals surface area (Å²) in [5.41, 5.74) is 0. The van der Waals surface area contributed by atoms with Gasteiger partial charge in [0.25, 0.3) is 0 Å². The molecule has 0 fully saturated rings. The van der Waals surface area contributed by atoms with Crippen molar-refractivity contribution in [2.24, 2.45) is 0 Å². The van der Waals surface area contributed by atoms with E-state index in [1.54, 1.807) is 0 Å². The molecule has 0 spiro atoms. The van der Waals surface area contributed by atoms with Gasteiger partial charge in [0.05, 0.1) is 0 Å². The molecule has 0 aromatic heterocycles. The predicted octanol–water partition coefficient (Wildman–Crippen LogP) is 1.97. The van der Waals surface area contributed by atoms with Crippen LogP contribution >= 0.6 is 12.6 Å². The molecule has 0 saturated carbocycles. The van der Waals surface area contributed by atoms with Crippen molar-refractivity contribution in [3.8, 4) is 0 Å². The number of rotatable bonds is 0. The average Bonchev–Trinajstić information content (AvgIpc) is 1.69. The average molecular weight is 166 g/mol. The molecule has 2 heteroatoms. The molecule has 0 nitrogen and oxygen atoms in total. The van der Waals surface area contributed by atoms with E-state index in [1.807, 2.05) is 30.3 Å². The Kier molecular flexibility index (Phi) is 4.06. The Morgan fingerprint density at radius 3 is 1.75 bits per heavy atom. The minimum Gasteiger partial charge on any atom is -0.143 e. The zero-order chi connectivity index (χ0) is 5.11. The van der Waals surface area contributed by atoms with Crippen molar-refractivity contribution in [3.05, 3.63) is 30.3 Å². The summed E-state index contributed by atoms with van der Waals surface area (Å²) in [7, 11) is 0. The molecule has 1 rings (SSSR count). The molecule has 0 atom stereocenters. The summed E-state index contributed by atoms with van der Waals surface area (Å²) < 4.78 is 0. The topological polar surface area (TPSA) is 0 Å². The van der Waals surface area contributed by atoms with Crippen LogP contribution in [0, 0.1) is 0 Å². The molecule has 1 aromatic rings. The SMILES string of the molecule is Sc1ccccc1.[Fe]. The van der Waals surface area contributed by atoms with Crippen LogP contribution in [0.1, 0.15) is 0 Å². The molecule has 0 N–H and O–H groups in total. The summed E-state index contributed by atoms with van der Waals surface area (Å²) in [5.74, 6) is 0. The van der Waals surface area contributed by atoms with Crippen LogP contribution in [-0.4, -0.2) is 0 Å². The third kappa shape index (κ3) is 2.41. The van der Waals surface area contributed by atoms with Crippen molar-refractivity contribution in [1.82, 2.24) is 0 Å². The molecule has 8 heavy (non-hydrogen) atoms. The van der Waals surface area contributed by atoms with Crippen LogP contribution in [0.15, 0.2) is 35.2 Å². The van der Waals surface area contributed by atoms with Gasteiger partial charge in [-0.15, -0.1) is 12.6 Å². The van der Waals surface area contributed by atoms with Crippen molar-refractivity contribution in [1.29, 1.82) is 0 Å². The van der Waals surface area contributed by atoms with E-state index in [4.69, 9.17) is 0 Å². The first-order valence-corrected chi connectivity index (χ1v) is 2.58. The monoisotopic (exact) mass is 166 g/mol. The van der Waals surface area contributed by atoms with E-state index in [2.05, 4.69) is 12.6 Å². The first kappa shape index (κ1) is 8.09. The Hall–Kier alpha value is 0.0895. The summed E-state index contributed by atoms with van der Waals surface area (Å²) in [4.78, 5) is 1.02. The fraction of sp³-hybridized carbons (Fsp3) is 0. The van der Waals surface area contributed by atoms with Crippen LogP contribution in [-0.2, 0) is 17.1 Å². The minimum absolute atomic E-state index is 0. The van der Waals surface area contributed by atoms with E-state index in [-0.39, 0.29) is 17.1 Å². The van der Waals surface area contributed by atoms with Gasteiger partial charge in [-0.25, -0.2) is 0 Å². The Bertz CT molecular complexity index is 138. The molecule has 0 aliphatic carbocycles. The molecule has 0 bridgehead atoms. The molecule has 0 amide bonds. The fourth-order valence-corrected chi connectivity index (χ4v) is 0.600. The van der Waals surface area contributed by atoms with Gasteiger partial charge in [0.15, 0.2) is 0 Å². The number of hydrogen-bond donors (Lipinski definition) is 1. The Morgan fingerprint density at radius 1 is 1.00 bits per heavy atom. The Morgan fingerprint density at radius 2 is 1.50 bits per heavy atom. The second-order valence-electron chi connectivity index (χ2n) is 1.34. The fourth-order valence-electron chi connectivity index (χ4n) is 0.428. The maximum absolute atomic E-state index is 4.08. The van der Waals surface area contributed by atoms with Gasteiger partial charge in [-0.05, 0) is 12.1 Å². The van der Waals surface area contributed by atoms with Crippen LogP contribution in [0.5, 0.6) is 0 Å². The summed E-state index contributed by atoms with van der Waals surface area (Å²) >= 11 is 4.08. The van der Waals surface area contributed by atoms with E-state index < -0.39 is 0 Å². The van der Waals surface area contributed by atoms with E-state index in [0.717, 1.165) is 4.90 Å². The van der Waals surface area contributed by atoms with Gasteiger partial charge < -0.3 is 0 Å². The first-order valence-electron chi connectivity index (χ1n) is 2.13. The first-order chi connectivity index (χ1) is 3.39. The molecule has 0 heterocycles. The number of thiol groups is 1. The maximum Gasteiger partial charge on any atom is 0.00399 e. The van der Waals surface area contributed by atoms with Crippen LogP contribution in [0.4, 0.5) is 0 Å². The smallest absolute Gasteiger partial charge is 0.00399 e. The van der Waals surface area contributed by atoms with E-state index >= 15 is 0 Å². The summed E-state index contributed by atoms with van der Waals surface area (Å²) in [6.07, 6.45) is 0. The van der Waals surface area contributed by atoms with E-state index in [9.17, 15) is 0 Å². The van der Waals surface area contributed by atoms with Crippen molar-refractivity contribution in [2.75, 3.05) is 0 Å². The molecular formula is C6H6FeS. The van der Waals surface area contributed by atoms with Gasteiger partial charge in [-0.3, -0.25) is 0 Å². The quantitative estimate of drug-likeness (QED) is 0.442. The van der Waals surface area contributed by atoms with Gasteiger partial charge in [0.2, 0.25) is 0 Å². The zero-order valence-electron chi connectivity index (χ0n) is 4.19. The van der Waals surface area contributed by atoms with Crippen LogP contribution in [0.25, 0.3) is 0 Å². The molecule has 0 radical (unpaired) electrons. The van der Waals surface area contributed by atoms with Gasteiger partial charge in [-0.2, -0.15) is 0 Å². The van der Waals surface area contributed by atoms with Crippen molar-refractivity contribution in [2.45, 2.75) is 4.90 Å². The summed E-state index contributed by atoms with van der Waals surface area (Å²) in [6, 6.07) is 9.79. The Labute approximate surface area is 65.2 Å². The van der Waals surface area contributed by atoms with E-state index in [0.29, 0.717) is 0 Å². The van der Waals surface area contributed by atoms with Gasteiger partial charge >= 0.3 is 0 Å². The number of hydrogen-bond acceptors (Lipinski definition) is 1. The molecule has 1 aromatic carbocycles. The maximum atomic E-state index is 4.08. The molecule has 0 saturated heterocycles. The number of benzene rings is 1. The molecular weight excluding hydrogens is 160 g/mol. The molecule has 0 unspecified atom stereocenters. The van der Waals surface area contributed by atoms with Gasteiger partial charge in [-0.1, -0.05) is 18.2 Å². The molecule has 0 aliphatic rings. The van der Waals surface area contributed by atoms with Crippen LogP contribution < -0.4 is 0 Å². The second kappa shape index (κ2) is 4.02. The largest absolute Gasteiger partial charge is 0.143 e. The molecule has 0 aliphatic heterocycles. The van der Waals surface area contributed by atoms with Gasteiger partial charge in [0.1, 0.15) is 0 Å². The second-order valence-corrected chi connectivity index (χ2v) is 1.85. The van der Waals surface area contributed by atoms with Crippen molar-refractivity contribution in [3.63, 3.8) is 0 Å². The normalized spacial score (nSPS) is 7.62. The van der Waals surface area contributed by atoms with Crippen LogP contribution in [0.2, 0.25) is 0 Å². The third-order valence-electron chi connectivity index (χ3n) is 0.756. The standard InChI is InChI=1S/C6H6S.Fe/c7-6-4-2-1-3-5-6;/h1-5,7H;. The minimum atomic E-state index is 0.